The smallest absolute Gasteiger partial charge is 0.232 e. The van der Waals surface area contributed by atoms with Crippen molar-refractivity contribution in [1.82, 2.24) is 0 Å². The zero-order valence-corrected chi connectivity index (χ0v) is 12.2. The highest BCUT2D eigenvalue weighted by atomic mass is 79.9. The summed E-state index contributed by atoms with van der Waals surface area (Å²) in [6, 6.07) is 6.74. The quantitative estimate of drug-likeness (QED) is 0.809. The van der Waals surface area contributed by atoms with Gasteiger partial charge in [0.05, 0.1) is 17.0 Å². The van der Waals surface area contributed by atoms with Crippen molar-refractivity contribution in [2.45, 2.75) is 6.42 Å². The average molecular weight is 333 g/mol. The number of anilines is 1. The second kappa shape index (κ2) is 6.73. The van der Waals surface area contributed by atoms with Crippen molar-refractivity contribution in [2.24, 2.45) is 0 Å². The van der Waals surface area contributed by atoms with Gasteiger partial charge in [0.2, 0.25) is 10.0 Å². The maximum absolute atomic E-state index is 11.8. The molecule has 0 amide bonds. The molecule has 5 nitrogen and oxygen atoms in total. The summed E-state index contributed by atoms with van der Waals surface area (Å²) < 4.78 is 31.4. The molecule has 0 aliphatic carbocycles. The number of sulfonamides is 1. The Bertz CT molecular complexity index is 552. The van der Waals surface area contributed by atoms with Crippen molar-refractivity contribution in [3.63, 3.8) is 0 Å². The molecule has 0 spiro atoms. The van der Waals surface area contributed by atoms with Crippen LogP contribution in [0.25, 0.3) is 0 Å². The molecule has 7 heteroatoms. The molecule has 1 N–H and O–H groups in total. The van der Waals surface area contributed by atoms with Gasteiger partial charge in [-0.05, 0) is 24.6 Å². The SMILES string of the molecule is COCCCS(=O)(=O)Nc1cc(Br)ccc1C#N. The van der Waals surface area contributed by atoms with Gasteiger partial charge in [-0.1, -0.05) is 15.9 Å². The summed E-state index contributed by atoms with van der Waals surface area (Å²) in [6.45, 7) is 0.379. The molecular weight excluding hydrogens is 320 g/mol. The third-order valence-corrected chi connectivity index (χ3v) is 3.98. The van der Waals surface area contributed by atoms with Crippen LogP contribution in [0.5, 0.6) is 0 Å². The summed E-state index contributed by atoms with van der Waals surface area (Å²) in [4.78, 5) is 0. The first kappa shape index (κ1) is 15.0. The Kier molecular flexibility index (Phi) is 5.59. The maximum Gasteiger partial charge on any atom is 0.232 e. The Morgan fingerprint density at radius 1 is 1.50 bits per heavy atom. The normalized spacial score (nSPS) is 10.9. The molecule has 98 valence electrons. The molecule has 1 aromatic carbocycles. The van der Waals surface area contributed by atoms with E-state index in [1.165, 1.54) is 7.11 Å². The van der Waals surface area contributed by atoms with Crippen molar-refractivity contribution in [2.75, 3.05) is 24.2 Å². The van der Waals surface area contributed by atoms with E-state index in [0.29, 0.717) is 17.5 Å². The van der Waals surface area contributed by atoms with Crippen LogP contribution in [0.1, 0.15) is 12.0 Å². The molecule has 0 saturated carbocycles. The second-order valence-corrected chi connectivity index (χ2v) is 6.33. The third-order valence-electron chi connectivity index (χ3n) is 2.13. The van der Waals surface area contributed by atoms with Crippen molar-refractivity contribution in [1.29, 1.82) is 5.26 Å². The van der Waals surface area contributed by atoms with Crippen LogP contribution < -0.4 is 4.72 Å². The summed E-state index contributed by atoms with van der Waals surface area (Å²) in [6.07, 6.45) is 0.404. The molecule has 0 radical (unpaired) electrons. The van der Waals surface area contributed by atoms with E-state index >= 15 is 0 Å². The number of halogens is 1. The topological polar surface area (TPSA) is 79.2 Å². The Morgan fingerprint density at radius 2 is 2.22 bits per heavy atom. The maximum atomic E-state index is 11.8. The predicted octanol–water partition coefficient (Wildman–Crippen LogP) is 2.10. The fourth-order valence-corrected chi connectivity index (χ4v) is 2.78. The van der Waals surface area contributed by atoms with Crippen LogP contribution in [-0.2, 0) is 14.8 Å². The van der Waals surface area contributed by atoms with Crippen molar-refractivity contribution in [3.05, 3.63) is 28.2 Å². The molecule has 0 heterocycles. The van der Waals surface area contributed by atoms with Crippen molar-refractivity contribution in [3.8, 4) is 6.07 Å². The van der Waals surface area contributed by atoms with E-state index in [1.807, 2.05) is 6.07 Å². The lowest BCUT2D eigenvalue weighted by atomic mass is 10.2. The number of methoxy groups -OCH3 is 1. The minimum atomic E-state index is -3.46. The van der Waals surface area contributed by atoms with Crippen LogP contribution in [-0.4, -0.2) is 27.9 Å². The number of nitriles is 1. The number of nitrogens with zero attached hydrogens (tertiary/aromatic N) is 1. The average Bonchev–Trinajstić information content (AvgIpc) is 2.29. The van der Waals surface area contributed by atoms with Crippen LogP contribution in [0.4, 0.5) is 5.69 Å². The zero-order chi connectivity index (χ0) is 13.6. The van der Waals surface area contributed by atoms with E-state index in [0.717, 1.165) is 0 Å². The molecular formula is C11H13BrN2O3S. The van der Waals surface area contributed by atoms with Gasteiger partial charge in [0.15, 0.2) is 0 Å². The van der Waals surface area contributed by atoms with Crippen LogP contribution in [0.3, 0.4) is 0 Å². The first-order valence-electron chi connectivity index (χ1n) is 5.17. The number of benzene rings is 1. The molecule has 1 aromatic rings. The van der Waals surface area contributed by atoms with Gasteiger partial charge in [-0.3, -0.25) is 4.72 Å². The monoisotopic (exact) mass is 332 g/mol. The number of ether oxygens (including phenoxy) is 1. The van der Waals surface area contributed by atoms with E-state index in [4.69, 9.17) is 10.00 Å². The fraction of sp³-hybridized carbons (Fsp3) is 0.364. The Labute approximate surface area is 115 Å². The lowest BCUT2D eigenvalue weighted by Gasteiger charge is -2.09. The first-order valence-corrected chi connectivity index (χ1v) is 7.62. The Balaban J connectivity index is 2.84. The van der Waals surface area contributed by atoms with Gasteiger partial charge in [0.1, 0.15) is 6.07 Å². The van der Waals surface area contributed by atoms with E-state index < -0.39 is 10.0 Å². The standard InChI is InChI=1S/C11H13BrN2O3S/c1-17-5-2-6-18(15,16)14-11-7-10(12)4-3-9(11)8-13/h3-4,7,14H,2,5-6H2,1H3. The van der Waals surface area contributed by atoms with Gasteiger partial charge >= 0.3 is 0 Å². The molecule has 18 heavy (non-hydrogen) atoms. The number of rotatable bonds is 6. The van der Waals surface area contributed by atoms with Gasteiger partial charge in [0, 0.05) is 18.2 Å². The van der Waals surface area contributed by atoms with Gasteiger partial charge in [-0.15, -0.1) is 0 Å². The largest absolute Gasteiger partial charge is 0.385 e. The van der Waals surface area contributed by atoms with Gasteiger partial charge in [0.25, 0.3) is 0 Å². The van der Waals surface area contributed by atoms with Crippen molar-refractivity contribution < 1.29 is 13.2 Å². The molecule has 0 fully saturated rings. The Morgan fingerprint density at radius 3 is 2.83 bits per heavy atom. The summed E-state index contributed by atoms with van der Waals surface area (Å²) in [7, 11) is -1.94. The van der Waals surface area contributed by atoms with Gasteiger partial charge < -0.3 is 4.74 Å². The number of hydrogen-bond acceptors (Lipinski definition) is 4. The summed E-state index contributed by atoms with van der Waals surface area (Å²) >= 11 is 3.23. The van der Waals surface area contributed by atoms with E-state index in [2.05, 4.69) is 20.7 Å². The molecule has 0 saturated heterocycles. The van der Waals surface area contributed by atoms with E-state index in [1.54, 1.807) is 18.2 Å². The number of hydrogen-bond donors (Lipinski definition) is 1. The summed E-state index contributed by atoms with van der Waals surface area (Å²) in [5, 5.41) is 8.90. The molecule has 0 aromatic heterocycles. The molecule has 0 aliphatic heterocycles. The first-order chi connectivity index (χ1) is 8.48. The van der Waals surface area contributed by atoms with Gasteiger partial charge in [-0.25, -0.2) is 8.42 Å². The molecule has 0 aliphatic rings. The second-order valence-electron chi connectivity index (χ2n) is 3.57. The molecule has 1 rings (SSSR count). The predicted molar refractivity (Wildman–Crippen MR) is 72.8 cm³/mol. The van der Waals surface area contributed by atoms with Gasteiger partial charge in [-0.2, -0.15) is 5.26 Å². The lowest BCUT2D eigenvalue weighted by molar-refractivity contribution is 0.199. The van der Waals surface area contributed by atoms with Crippen LogP contribution in [0.2, 0.25) is 0 Å². The zero-order valence-electron chi connectivity index (χ0n) is 9.81. The summed E-state index contributed by atoms with van der Waals surface area (Å²) in [5.74, 6) is -0.0434. The van der Waals surface area contributed by atoms with E-state index in [9.17, 15) is 8.42 Å². The minimum Gasteiger partial charge on any atom is -0.385 e. The highest BCUT2D eigenvalue weighted by Gasteiger charge is 2.13. The van der Waals surface area contributed by atoms with Crippen LogP contribution >= 0.6 is 15.9 Å². The Hall–Kier alpha value is -1.10. The fourth-order valence-electron chi connectivity index (χ4n) is 1.31. The van der Waals surface area contributed by atoms with Crippen LogP contribution in [0.15, 0.2) is 22.7 Å². The molecule has 0 bridgehead atoms. The lowest BCUT2D eigenvalue weighted by Crippen LogP contribution is -2.18. The van der Waals surface area contributed by atoms with E-state index in [-0.39, 0.29) is 17.0 Å². The molecule has 0 atom stereocenters. The minimum absolute atomic E-state index is 0.0434. The highest BCUT2D eigenvalue weighted by molar-refractivity contribution is 9.10. The van der Waals surface area contributed by atoms with Crippen molar-refractivity contribution >= 4 is 31.6 Å². The number of nitrogens with one attached hydrogen (secondary N) is 1. The highest BCUT2D eigenvalue weighted by Crippen LogP contribution is 2.22. The van der Waals surface area contributed by atoms with Crippen LogP contribution in [0, 0.1) is 11.3 Å². The third kappa shape index (κ3) is 4.64. The summed E-state index contributed by atoms with van der Waals surface area (Å²) in [5.41, 5.74) is 0.567. The molecule has 0 unspecified atom stereocenters.